The highest BCUT2D eigenvalue weighted by molar-refractivity contribution is 6.06. The fourth-order valence-electron chi connectivity index (χ4n) is 4.31. The highest BCUT2D eigenvalue weighted by Crippen LogP contribution is 2.42. The number of amides is 1. The van der Waals surface area contributed by atoms with Gasteiger partial charge in [-0.05, 0) is 43.7 Å². The number of para-hydroxylation sites is 1. The van der Waals surface area contributed by atoms with E-state index in [-0.39, 0.29) is 5.91 Å². The van der Waals surface area contributed by atoms with Crippen molar-refractivity contribution in [3.8, 4) is 34.1 Å². The van der Waals surface area contributed by atoms with Gasteiger partial charge in [0.05, 0.1) is 34.7 Å². The zero-order valence-electron chi connectivity index (χ0n) is 21.2. The Balaban J connectivity index is 1.74. The topological polar surface area (TPSA) is 79.2 Å². The van der Waals surface area contributed by atoms with Crippen molar-refractivity contribution in [1.29, 1.82) is 0 Å². The number of furan rings is 1. The van der Waals surface area contributed by atoms with E-state index in [9.17, 15) is 4.79 Å². The van der Waals surface area contributed by atoms with Crippen LogP contribution in [0.25, 0.3) is 27.7 Å². The van der Waals surface area contributed by atoms with Gasteiger partial charge in [0.1, 0.15) is 17.1 Å². The van der Waals surface area contributed by atoms with Gasteiger partial charge < -0.3 is 28.7 Å². The molecule has 0 unspecified atom stereocenters. The Hall–Kier alpha value is -4.39. The Kier molecular flexibility index (Phi) is 7.20. The molecule has 186 valence electrons. The number of hydrogen-bond donors (Lipinski definition) is 1. The van der Waals surface area contributed by atoms with E-state index in [1.807, 2.05) is 44.2 Å². The quantitative estimate of drug-likeness (QED) is 0.286. The van der Waals surface area contributed by atoms with Crippen LogP contribution in [0.5, 0.6) is 23.0 Å². The molecular weight excluding hydrogens is 458 g/mol. The Morgan fingerprint density at radius 1 is 0.861 bits per heavy atom. The van der Waals surface area contributed by atoms with E-state index in [1.54, 1.807) is 59.0 Å². The van der Waals surface area contributed by atoms with Gasteiger partial charge in [-0.15, -0.1) is 0 Å². The van der Waals surface area contributed by atoms with Crippen LogP contribution in [0.1, 0.15) is 18.1 Å². The second-order valence-corrected chi connectivity index (χ2v) is 8.20. The number of ether oxygens (including phenoxy) is 4. The van der Waals surface area contributed by atoms with Crippen LogP contribution in [0.15, 0.2) is 65.3 Å². The van der Waals surface area contributed by atoms with Crippen molar-refractivity contribution < 1.29 is 28.2 Å². The van der Waals surface area contributed by atoms with Crippen molar-refractivity contribution in [1.82, 2.24) is 0 Å². The number of nitrogens with one attached hydrogen (secondary N) is 1. The molecule has 0 fully saturated rings. The van der Waals surface area contributed by atoms with Gasteiger partial charge in [-0.1, -0.05) is 18.2 Å². The Morgan fingerprint density at radius 2 is 1.58 bits per heavy atom. The number of methoxy groups -OCH3 is 4. The summed E-state index contributed by atoms with van der Waals surface area (Å²) in [6, 6.07) is 15.0. The van der Waals surface area contributed by atoms with E-state index in [1.165, 1.54) is 0 Å². The van der Waals surface area contributed by atoms with E-state index in [4.69, 9.17) is 23.4 Å². The average molecular weight is 488 g/mol. The first-order valence-corrected chi connectivity index (χ1v) is 11.4. The lowest BCUT2D eigenvalue weighted by atomic mass is 9.96. The number of carbonyl (C=O) groups is 1. The van der Waals surface area contributed by atoms with Crippen LogP contribution in [0.4, 0.5) is 5.69 Å². The largest absolute Gasteiger partial charge is 0.496 e. The Labute approximate surface area is 210 Å². The lowest BCUT2D eigenvalue weighted by molar-refractivity contribution is -0.111. The summed E-state index contributed by atoms with van der Waals surface area (Å²) in [5, 5.41) is 3.78. The van der Waals surface area contributed by atoms with Gasteiger partial charge >= 0.3 is 0 Å². The third-order valence-electron chi connectivity index (χ3n) is 6.07. The maximum atomic E-state index is 12.9. The normalized spacial score (nSPS) is 11.3. The predicted octanol–water partition coefficient (Wildman–Crippen LogP) is 6.48. The van der Waals surface area contributed by atoms with Crippen LogP contribution in [-0.2, 0) is 4.79 Å². The van der Waals surface area contributed by atoms with Gasteiger partial charge in [-0.3, -0.25) is 4.79 Å². The van der Waals surface area contributed by atoms with Crippen LogP contribution in [-0.4, -0.2) is 34.3 Å². The average Bonchev–Trinajstić information content (AvgIpc) is 3.32. The minimum Gasteiger partial charge on any atom is -0.496 e. The van der Waals surface area contributed by atoms with Crippen molar-refractivity contribution in [2.45, 2.75) is 13.8 Å². The smallest absolute Gasteiger partial charge is 0.248 e. The summed E-state index contributed by atoms with van der Waals surface area (Å²) in [6.07, 6.45) is 3.27. The first-order chi connectivity index (χ1) is 17.4. The van der Waals surface area contributed by atoms with Gasteiger partial charge in [-0.25, -0.2) is 0 Å². The second-order valence-electron chi connectivity index (χ2n) is 8.20. The fraction of sp³-hybridized carbons (Fsp3) is 0.207. The minimum atomic E-state index is -0.281. The van der Waals surface area contributed by atoms with Crippen LogP contribution >= 0.6 is 0 Å². The molecule has 0 radical (unpaired) electrons. The number of anilines is 1. The Bertz CT molecular complexity index is 1450. The molecular formula is C29H29NO6. The summed E-state index contributed by atoms with van der Waals surface area (Å²) < 4.78 is 27.8. The molecule has 0 aliphatic heterocycles. The molecule has 1 N–H and O–H groups in total. The van der Waals surface area contributed by atoms with E-state index in [2.05, 4.69) is 5.32 Å². The molecule has 7 heteroatoms. The molecule has 1 aromatic heterocycles. The van der Waals surface area contributed by atoms with Crippen molar-refractivity contribution in [2.75, 3.05) is 33.8 Å². The predicted molar refractivity (Wildman–Crippen MR) is 141 cm³/mol. The van der Waals surface area contributed by atoms with Crippen LogP contribution in [0.2, 0.25) is 0 Å². The number of allylic oxidation sites excluding steroid dienone is 1. The molecule has 0 aliphatic carbocycles. The lowest BCUT2D eigenvalue weighted by Crippen LogP contribution is -2.09. The standard InChI is InChI=1S/C29H29NO6/c1-17(13-27(31)30-19-11-12-25(33-4)26(14-19)34-5)21-15-22-23(20-9-7-8-10-24(20)32-3)16-36-29(22)18(2)28(21)35-6/h7-16H,1-6H3,(H,30,31)/b17-13+. The van der Waals surface area contributed by atoms with E-state index < -0.39 is 0 Å². The van der Waals surface area contributed by atoms with Crippen LogP contribution in [0.3, 0.4) is 0 Å². The zero-order valence-corrected chi connectivity index (χ0v) is 21.2. The van der Waals surface area contributed by atoms with E-state index in [0.29, 0.717) is 22.9 Å². The molecule has 0 saturated carbocycles. The summed E-state index contributed by atoms with van der Waals surface area (Å²) in [6.45, 7) is 3.82. The molecule has 0 bridgehead atoms. The molecule has 0 aliphatic rings. The van der Waals surface area contributed by atoms with E-state index >= 15 is 0 Å². The first-order valence-electron chi connectivity index (χ1n) is 11.4. The molecule has 0 saturated heterocycles. The van der Waals surface area contributed by atoms with Crippen molar-refractivity contribution in [3.63, 3.8) is 0 Å². The zero-order chi connectivity index (χ0) is 25.8. The van der Waals surface area contributed by atoms with Gasteiger partial charge in [-0.2, -0.15) is 0 Å². The number of fused-ring (bicyclic) bond motifs is 1. The molecule has 0 atom stereocenters. The number of carbonyl (C=O) groups excluding carboxylic acids is 1. The third kappa shape index (κ3) is 4.60. The molecule has 7 nitrogen and oxygen atoms in total. The fourth-order valence-corrected chi connectivity index (χ4v) is 4.31. The van der Waals surface area contributed by atoms with Gasteiger partial charge in [0, 0.05) is 45.5 Å². The highest BCUT2D eigenvalue weighted by atomic mass is 16.5. The lowest BCUT2D eigenvalue weighted by Gasteiger charge is -2.14. The van der Waals surface area contributed by atoms with Gasteiger partial charge in [0.2, 0.25) is 5.91 Å². The summed E-state index contributed by atoms with van der Waals surface area (Å²) in [5.74, 6) is 2.23. The highest BCUT2D eigenvalue weighted by Gasteiger charge is 2.20. The Morgan fingerprint density at radius 3 is 2.28 bits per heavy atom. The van der Waals surface area contributed by atoms with Gasteiger partial charge in [0.15, 0.2) is 11.5 Å². The molecule has 1 amide bonds. The first kappa shape index (κ1) is 24.7. The molecule has 0 spiro atoms. The number of hydrogen-bond acceptors (Lipinski definition) is 6. The SMILES string of the molecule is COc1ccc(NC(=O)/C=C(\C)c2cc3c(-c4ccccc4OC)coc3c(C)c2OC)cc1OC. The van der Waals surface area contributed by atoms with E-state index in [0.717, 1.165) is 44.5 Å². The summed E-state index contributed by atoms with van der Waals surface area (Å²) >= 11 is 0. The molecule has 3 aromatic carbocycles. The summed E-state index contributed by atoms with van der Waals surface area (Å²) in [4.78, 5) is 12.9. The second kappa shape index (κ2) is 10.5. The third-order valence-corrected chi connectivity index (χ3v) is 6.07. The van der Waals surface area contributed by atoms with Crippen molar-refractivity contribution >= 4 is 28.1 Å². The molecule has 4 aromatic rings. The number of benzene rings is 3. The summed E-state index contributed by atoms with van der Waals surface area (Å²) in [7, 11) is 6.37. The van der Waals surface area contributed by atoms with Gasteiger partial charge in [0.25, 0.3) is 0 Å². The minimum absolute atomic E-state index is 0.281. The monoisotopic (exact) mass is 487 g/mol. The maximum absolute atomic E-state index is 12.9. The van der Waals surface area contributed by atoms with Crippen molar-refractivity contribution in [3.05, 3.63) is 72.0 Å². The molecule has 36 heavy (non-hydrogen) atoms. The maximum Gasteiger partial charge on any atom is 0.248 e. The molecule has 1 heterocycles. The number of rotatable bonds is 8. The van der Waals surface area contributed by atoms with Crippen LogP contribution in [0, 0.1) is 6.92 Å². The number of aryl methyl sites for hydroxylation is 1. The van der Waals surface area contributed by atoms with Crippen molar-refractivity contribution in [2.24, 2.45) is 0 Å². The molecule has 4 rings (SSSR count). The van der Waals surface area contributed by atoms with Crippen LogP contribution < -0.4 is 24.3 Å². The summed E-state index contributed by atoms with van der Waals surface area (Å²) in [5.41, 5.74) is 5.51.